The fourth-order valence-electron chi connectivity index (χ4n) is 1.50. The van der Waals surface area contributed by atoms with Gasteiger partial charge in [0.05, 0.1) is 37.7 Å². The summed E-state index contributed by atoms with van der Waals surface area (Å²) in [7, 11) is 0. The molecule has 0 aliphatic carbocycles. The van der Waals surface area contributed by atoms with Gasteiger partial charge in [-0.1, -0.05) is 40.0 Å². The van der Waals surface area contributed by atoms with Crippen molar-refractivity contribution in [2.45, 2.75) is 59.3 Å². The molecular weight excluding hydrogens is 689 g/mol. The summed E-state index contributed by atoms with van der Waals surface area (Å²) in [5.41, 5.74) is 0. The van der Waals surface area contributed by atoms with Crippen LogP contribution >= 0.6 is 0 Å². The molecule has 0 aliphatic heterocycles. The number of hydrogen-bond donors (Lipinski definition) is 0. The van der Waals surface area contributed by atoms with Crippen LogP contribution in [0.15, 0.2) is 36.5 Å². The van der Waals surface area contributed by atoms with E-state index in [-0.39, 0.29) is 26.2 Å². The quantitative estimate of drug-likeness (QED) is 0.0626. The molecule has 2 radical (unpaired) electrons. The average molecular weight is 722 g/mol. The summed E-state index contributed by atoms with van der Waals surface area (Å²) in [6, 6.07) is 0. The Hall–Kier alpha value is -3.08. The summed E-state index contributed by atoms with van der Waals surface area (Å²) in [6.07, 6.45) is 9.59. The molecule has 0 unspecified atom stereocenters. The standard InChI is InChI=1S/3C8H12O4.Bi/c3*1-2-3-6-12-8(11)5-4-7(9)10;/h3*4-5H,2-3,6H2,1H3,(H,9,10);/q;;;+3/p-3/b3*5-4-;. The Kier molecular flexibility index (Phi) is 34.4. The van der Waals surface area contributed by atoms with E-state index in [2.05, 4.69) is 14.2 Å². The first-order chi connectivity index (χ1) is 17.0. The molecule has 0 rings (SSSR count). The second kappa shape index (κ2) is 31.0. The molecule has 0 aromatic rings. The van der Waals surface area contributed by atoms with Gasteiger partial charge in [0.25, 0.3) is 0 Å². The molecule has 0 aromatic heterocycles. The number of hydrogen-bond acceptors (Lipinski definition) is 12. The number of carboxylic acid groups (broad SMARTS) is 3. The van der Waals surface area contributed by atoms with Crippen molar-refractivity contribution in [3.8, 4) is 0 Å². The zero-order chi connectivity index (χ0) is 28.2. The van der Waals surface area contributed by atoms with Crippen LogP contribution in [-0.2, 0) is 43.0 Å². The van der Waals surface area contributed by atoms with Crippen molar-refractivity contribution in [3.63, 3.8) is 0 Å². The van der Waals surface area contributed by atoms with Gasteiger partial charge in [-0.05, 0) is 37.5 Å². The van der Waals surface area contributed by atoms with E-state index in [4.69, 9.17) is 0 Å². The maximum Gasteiger partial charge on any atom is 3.00 e. The number of carboxylic acids is 3. The van der Waals surface area contributed by atoms with Gasteiger partial charge >= 0.3 is 44.1 Å². The number of aliphatic carboxylic acids is 3. The SMILES string of the molecule is CCCCOC(=O)/C=C\C(=O)[O-].CCCCOC(=O)/C=C\C(=O)[O-].CCCCOC(=O)/C=C\C(=O)[O-].[Bi+3]. The molecule has 0 amide bonds. The maximum absolute atomic E-state index is 10.6. The third-order valence-corrected chi connectivity index (χ3v) is 3.29. The fraction of sp³-hybridized carbons (Fsp3) is 0.500. The molecule has 0 aliphatic rings. The molecule has 0 spiro atoms. The average Bonchev–Trinajstić information content (AvgIpc) is 2.81. The first-order valence-corrected chi connectivity index (χ1v) is 11.2. The Labute approximate surface area is 235 Å². The fourth-order valence-corrected chi connectivity index (χ4v) is 1.50. The van der Waals surface area contributed by atoms with Gasteiger partial charge in [-0.25, -0.2) is 14.4 Å². The summed E-state index contributed by atoms with van der Waals surface area (Å²) in [6.45, 7) is 6.87. The number of ether oxygens (including phenoxy) is 3. The molecule has 0 atom stereocenters. The van der Waals surface area contributed by atoms with Crippen molar-refractivity contribution in [2.24, 2.45) is 0 Å². The number of rotatable bonds is 15. The number of esters is 3. The molecule has 13 heteroatoms. The molecule has 0 saturated heterocycles. The van der Waals surface area contributed by atoms with Crippen LogP contribution in [0, 0.1) is 0 Å². The minimum Gasteiger partial charge on any atom is -0.545 e. The Morgan fingerprint density at radius 2 is 0.703 bits per heavy atom. The third-order valence-electron chi connectivity index (χ3n) is 3.29. The van der Waals surface area contributed by atoms with Gasteiger partial charge < -0.3 is 43.9 Å². The van der Waals surface area contributed by atoms with Crippen LogP contribution in [0.3, 0.4) is 0 Å². The second-order valence-corrected chi connectivity index (χ2v) is 6.52. The van der Waals surface area contributed by atoms with Crippen molar-refractivity contribution in [1.82, 2.24) is 0 Å². The zero-order valence-electron chi connectivity index (χ0n) is 21.2. The van der Waals surface area contributed by atoms with Crippen LogP contribution in [0.4, 0.5) is 0 Å². The second-order valence-electron chi connectivity index (χ2n) is 6.52. The van der Waals surface area contributed by atoms with E-state index < -0.39 is 35.8 Å². The summed E-state index contributed by atoms with van der Waals surface area (Å²) in [5.74, 6) is -6.14. The van der Waals surface area contributed by atoms with Gasteiger partial charge in [-0.15, -0.1) is 0 Å². The van der Waals surface area contributed by atoms with Gasteiger partial charge in [0.15, 0.2) is 0 Å². The first-order valence-electron chi connectivity index (χ1n) is 11.2. The maximum atomic E-state index is 10.6. The molecule has 0 N–H and O–H groups in total. The van der Waals surface area contributed by atoms with Gasteiger partial charge in [0.2, 0.25) is 0 Å². The third kappa shape index (κ3) is 43.4. The first kappa shape index (κ1) is 41.1. The Morgan fingerprint density at radius 1 is 0.486 bits per heavy atom. The van der Waals surface area contributed by atoms with Crippen molar-refractivity contribution in [1.29, 1.82) is 0 Å². The van der Waals surface area contributed by atoms with Crippen molar-refractivity contribution < 1.29 is 58.3 Å². The van der Waals surface area contributed by atoms with Crippen molar-refractivity contribution in [2.75, 3.05) is 19.8 Å². The van der Waals surface area contributed by atoms with Crippen LogP contribution in [-0.4, -0.2) is 81.8 Å². The van der Waals surface area contributed by atoms with E-state index in [9.17, 15) is 44.1 Å². The van der Waals surface area contributed by atoms with Gasteiger partial charge in [-0.2, -0.15) is 0 Å². The molecule has 0 saturated carbocycles. The molecule has 0 bridgehead atoms. The summed E-state index contributed by atoms with van der Waals surface area (Å²) in [5, 5.41) is 29.5. The minimum absolute atomic E-state index is 0. The van der Waals surface area contributed by atoms with E-state index in [1.165, 1.54) is 0 Å². The molecule has 0 fully saturated rings. The van der Waals surface area contributed by atoms with E-state index in [1.807, 2.05) is 20.8 Å². The predicted octanol–water partition coefficient (Wildman–Crippen LogP) is -1.47. The number of unbranched alkanes of at least 4 members (excludes halogenated alkanes) is 3. The van der Waals surface area contributed by atoms with Crippen LogP contribution < -0.4 is 15.3 Å². The van der Waals surface area contributed by atoms with Gasteiger partial charge in [0, 0.05) is 18.2 Å². The molecular formula is C24H33BiO12. The smallest absolute Gasteiger partial charge is 0.545 e. The van der Waals surface area contributed by atoms with Gasteiger partial charge in [0.1, 0.15) is 0 Å². The van der Waals surface area contributed by atoms with Crippen LogP contribution in [0.1, 0.15) is 59.3 Å². The number of carbonyl (C=O) groups is 6. The minimum atomic E-state index is -1.40. The van der Waals surface area contributed by atoms with Crippen molar-refractivity contribution in [3.05, 3.63) is 36.5 Å². The molecule has 37 heavy (non-hydrogen) atoms. The molecule has 12 nitrogen and oxygen atoms in total. The monoisotopic (exact) mass is 722 g/mol. The van der Waals surface area contributed by atoms with Crippen LogP contribution in [0.5, 0.6) is 0 Å². The molecule has 0 heterocycles. The predicted molar refractivity (Wildman–Crippen MR) is 126 cm³/mol. The zero-order valence-corrected chi connectivity index (χ0v) is 24.7. The largest absolute Gasteiger partial charge is 3.00 e. The van der Waals surface area contributed by atoms with E-state index in [0.29, 0.717) is 38.0 Å². The van der Waals surface area contributed by atoms with Crippen LogP contribution in [0.25, 0.3) is 0 Å². The number of carbonyl (C=O) groups excluding carboxylic acids is 6. The van der Waals surface area contributed by atoms with Crippen LogP contribution in [0.2, 0.25) is 0 Å². The Morgan fingerprint density at radius 3 is 0.865 bits per heavy atom. The summed E-state index contributed by atoms with van der Waals surface area (Å²) < 4.78 is 13.8. The molecule has 206 valence electrons. The summed E-state index contributed by atoms with van der Waals surface area (Å²) in [4.78, 5) is 61.4. The molecule has 0 aromatic carbocycles. The summed E-state index contributed by atoms with van der Waals surface area (Å²) >= 11 is 0. The van der Waals surface area contributed by atoms with Crippen molar-refractivity contribution >= 4 is 62.0 Å². The topological polar surface area (TPSA) is 199 Å². The van der Waals surface area contributed by atoms with E-state index >= 15 is 0 Å². The van der Waals surface area contributed by atoms with Gasteiger partial charge in [-0.3, -0.25) is 0 Å². The van der Waals surface area contributed by atoms with E-state index in [0.717, 1.165) is 56.8 Å². The Bertz CT molecular complexity index is 657. The normalized spacial score (nSPS) is 9.81. The van der Waals surface area contributed by atoms with E-state index in [1.54, 1.807) is 0 Å². The Balaban J connectivity index is -0.000000218.